The number of amides is 3. The zero-order chi connectivity index (χ0) is 34.7. The second kappa shape index (κ2) is 14.0. The lowest BCUT2D eigenvalue weighted by atomic mass is 10.0. The van der Waals surface area contributed by atoms with Crippen LogP contribution in [-0.4, -0.2) is 53.8 Å². The minimum Gasteiger partial charge on any atom is -0.358 e. The number of aromatic amines is 1. The van der Waals surface area contributed by atoms with Crippen LogP contribution in [0.5, 0.6) is 0 Å². The van der Waals surface area contributed by atoms with Crippen molar-refractivity contribution in [2.45, 2.75) is 39.3 Å². The molecule has 254 valence electrons. The first-order valence-corrected chi connectivity index (χ1v) is 16.2. The summed E-state index contributed by atoms with van der Waals surface area (Å²) in [5.74, 6) is -1.08. The van der Waals surface area contributed by atoms with Crippen LogP contribution in [0.25, 0.3) is 11.6 Å². The zero-order valence-corrected chi connectivity index (χ0v) is 27.2. The van der Waals surface area contributed by atoms with Crippen molar-refractivity contribution in [3.05, 3.63) is 106 Å². The van der Waals surface area contributed by atoms with Crippen molar-refractivity contribution in [1.29, 1.82) is 0 Å². The van der Waals surface area contributed by atoms with Gasteiger partial charge in [0.1, 0.15) is 0 Å². The van der Waals surface area contributed by atoms with Gasteiger partial charge in [-0.3, -0.25) is 14.4 Å². The molecule has 0 radical (unpaired) electrons. The topological polar surface area (TPSA) is 118 Å². The number of H-pyrrole nitrogens is 1. The number of nitrogens with zero attached hydrogens (tertiary/aromatic N) is 1. The number of aromatic nitrogens is 1. The van der Waals surface area contributed by atoms with Gasteiger partial charge in [-0.2, -0.15) is 13.2 Å². The number of benzene rings is 3. The summed E-state index contributed by atoms with van der Waals surface area (Å²) in [6.07, 6.45) is 0.577. The van der Waals surface area contributed by atoms with E-state index < -0.39 is 17.6 Å². The maximum Gasteiger partial charge on any atom is 0.416 e. The number of halogens is 3. The van der Waals surface area contributed by atoms with Crippen LogP contribution < -0.4 is 21.3 Å². The summed E-state index contributed by atoms with van der Waals surface area (Å²) in [6, 6.07) is 16.4. The smallest absolute Gasteiger partial charge is 0.358 e. The maximum atomic E-state index is 13.1. The molecule has 6 rings (SSSR count). The molecular weight excluding hydrogens is 633 g/mol. The third-order valence-corrected chi connectivity index (χ3v) is 8.79. The molecule has 1 aromatic heterocycles. The standard InChI is InChI=1S/C37H37F3N6O3/c1-22-31(42-23(2)33(22)36(49)41-14-7-17-46-15-3-4-16-46)21-30-29-13-12-28(20-32(29)45-35(30)48)43-26-10-6-11-27(19-26)44-34(47)24-8-5-9-25(18-24)37(38,39)40/h5-6,8-13,18-21,42-43H,3-4,7,14-17H2,1-2H3,(H,41,49)(H,44,47)(H,45,48)/b30-21-. The highest BCUT2D eigenvalue weighted by atomic mass is 19.4. The van der Waals surface area contributed by atoms with Crippen molar-refractivity contribution in [3.8, 4) is 0 Å². The first-order valence-electron chi connectivity index (χ1n) is 16.2. The van der Waals surface area contributed by atoms with Gasteiger partial charge in [0.15, 0.2) is 0 Å². The van der Waals surface area contributed by atoms with E-state index in [1.807, 2.05) is 26.0 Å². The van der Waals surface area contributed by atoms with Crippen LogP contribution in [0.1, 0.15) is 68.1 Å². The zero-order valence-electron chi connectivity index (χ0n) is 27.2. The Morgan fingerprint density at radius 3 is 2.43 bits per heavy atom. The Bertz CT molecular complexity index is 1940. The van der Waals surface area contributed by atoms with Gasteiger partial charge in [-0.25, -0.2) is 0 Å². The number of likely N-dealkylation sites (tertiary alicyclic amines) is 1. The quantitative estimate of drug-likeness (QED) is 0.0893. The van der Waals surface area contributed by atoms with Crippen molar-refractivity contribution in [3.63, 3.8) is 0 Å². The van der Waals surface area contributed by atoms with Crippen LogP contribution in [0.3, 0.4) is 0 Å². The molecule has 3 heterocycles. The summed E-state index contributed by atoms with van der Waals surface area (Å²) in [7, 11) is 0. The van der Waals surface area contributed by atoms with Crippen molar-refractivity contribution < 1.29 is 27.6 Å². The van der Waals surface area contributed by atoms with Gasteiger partial charge in [0, 0.05) is 46.1 Å². The van der Waals surface area contributed by atoms with Gasteiger partial charge in [-0.05, 0) is 113 Å². The molecule has 3 amide bonds. The monoisotopic (exact) mass is 670 g/mol. The number of fused-ring (bicyclic) bond motifs is 1. The molecule has 1 saturated heterocycles. The van der Waals surface area contributed by atoms with E-state index in [0.29, 0.717) is 51.7 Å². The van der Waals surface area contributed by atoms with Crippen molar-refractivity contribution in [1.82, 2.24) is 15.2 Å². The molecular formula is C37H37F3N6O3. The molecule has 4 aromatic rings. The summed E-state index contributed by atoms with van der Waals surface area (Å²) in [4.78, 5) is 44.5. The molecule has 0 bridgehead atoms. The van der Waals surface area contributed by atoms with Crippen molar-refractivity contribution in [2.24, 2.45) is 0 Å². The van der Waals surface area contributed by atoms with Crippen LogP contribution in [-0.2, 0) is 11.0 Å². The lowest BCUT2D eigenvalue weighted by molar-refractivity contribution is -0.137. The largest absolute Gasteiger partial charge is 0.416 e. The number of aryl methyl sites for hydroxylation is 1. The Morgan fingerprint density at radius 2 is 1.65 bits per heavy atom. The van der Waals surface area contributed by atoms with E-state index in [1.165, 1.54) is 25.0 Å². The number of hydrogen-bond acceptors (Lipinski definition) is 5. The van der Waals surface area contributed by atoms with E-state index in [2.05, 4.69) is 31.2 Å². The average Bonchev–Trinajstić information content (AvgIpc) is 3.76. The average molecular weight is 671 g/mol. The van der Waals surface area contributed by atoms with E-state index in [-0.39, 0.29) is 17.4 Å². The summed E-state index contributed by atoms with van der Waals surface area (Å²) in [5, 5.41) is 11.8. The molecule has 0 saturated carbocycles. The van der Waals surface area contributed by atoms with Crippen LogP contribution in [0, 0.1) is 13.8 Å². The molecule has 49 heavy (non-hydrogen) atoms. The maximum absolute atomic E-state index is 13.1. The molecule has 12 heteroatoms. The predicted octanol–water partition coefficient (Wildman–Crippen LogP) is 7.35. The number of nitrogens with one attached hydrogen (secondary N) is 5. The Labute approximate surface area is 282 Å². The number of rotatable bonds is 10. The van der Waals surface area contributed by atoms with Crippen LogP contribution in [0.2, 0.25) is 0 Å². The SMILES string of the molecule is Cc1[nH]c(/C=C2\C(=O)Nc3cc(Nc4cccc(NC(=O)c5cccc(C(F)(F)F)c5)c4)ccc32)c(C)c1C(=O)NCCCN1CCCC1. The molecule has 3 aromatic carbocycles. The van der Waals surface area contributed by atoms with Crippen molar-refractivity contribution in [2.75, 3.05) is 42.1 Å². The van der Waals surface area contributed by atoms with E-state index in [1.54, 1.807) is 36.4 Å². The Morgan fingerprint density at radius 1 is 0.918 bits per heavy atom. The molecule has 2 aliphatic heterocycles. The number of hydrogen-bond donors (Lipinski definition) is 5. The molecule has 1 fully saturated rings. The number of carbonyl (C=O) groups excluding carboxylic acids is 3. The lowest BCUT2D eigenvalue weighted by Crippen LogP contribution is -2.29. The van der Waals surface area contributed by atoms with Gasteiger partial charge >= 0.3 is 6.18 Å². The Balaban J connectivity index is 1.12. The molecule has 5 N–H and O–H groups in total. The number of alkyl halides is 3. The summed E-state index contributed by atoms with van der Waals surface area (Å²) in [5.41, 5.74) is 5.18. The van der Waals surface area contributed by atoms with Crippen LogP contribution in [0.15, 0.2) is 66.7 Å². The van der Waals surface area contributed by atoms with Crippen LogP contribution >= 0.6 is 0 Å². The highest BCUT2D eigenvalue weighted by molar-refractivity contribution is 6.35. The lowest BCUT2D eigenvalue weighted by Gasteiger charge is -2.14. The third-order valence-electron chi connectivity index (χ3n) is 8.79. The molecule has 0 aliphatic carbocycles. The second-order valence-electron chi connectivity index (χ2n) is 12.3. The van der Waals surface area contributed by atoms with Gasteiger partial charge in [0.25, 0.3) is 17.7 Å². The molecule has 0 atom stereocenters. The summed E-state index contributed by atoms with van der Waals surface area (Å²) >= 11 is 0. The molecule has 0 spiro atoms. The van der Waals surface area contributed by atoms with Crippen LogP contribution in [0.4, 0.5) is 35.9 Å². The summed E-state index contributed by atoms with van der Waals surface area (Å²) in [6.45, 7) is 7.55. The molecule has 9 nitrogen and oxygen atoms in total. The molecule has 0 unspecified atom stereocenters. The van der Waals surface area contributed by atoms with E-state index in [4.69, 9.17) is 0 Å². The second-order valence-corrected chi connectivity index (χ2v) is 12.3. The minimum absolute atomic E-state index is 0.112. The highest BCUT2D eigenvalue weighted by Crippen LogP contribution is 2.37. The normalized spacial score (nSPS) is 15.3. The van der Waals surface area contributed by atoms with Gasteiger partial charge in [-0.1, -0.05) is 18.2 Å². The number of carbonyl (C=O) groups is 3. The fraction of sp³-hybridized carbons (Fsp3) is 0.270. The van der Waals surface area contributed by atoms with Crippen molar-refractivity contribution >= 4 is 52.1 Å². The first kappa shape index (κ1) is 33.5. The van der Waals surface area contributed by atoms with Gasteiger partial charge in [-0.15, -0.1) is 0 Å². The van der Waals surface area contributed by atoms with Gasteiger partial charge in [0.05, 0.1) is 22.4 Å². The first-order chi connectivity index (χ1) is 23.5. The molecule has 2 aliphatic rings. The summed E-state index contributed by atoms with van der Waals surface area (Å²) < 4.78 is 39.3. The predicted molar refractivity (Wildman–Crippen MR) is 185 cm³/mol. The fourth-order valence-electron chi connectivity index (χ4n) is 6.30. The fourth-order valence-corrected chi connectivity index (χ4v) is 6.30. The van der Waals surface area contributed by atoms with Gasteiger partial charge in [0.2, 0.25) is 0 Å². The minimum atomic E-state index is -4.56. The third kappa shape index (κ3) is 7.70. The van der Waals surface area contributed by atoms with E-state index in [0.717, 1.165) is 49.4 Å². The number of anilines is 4. The Hall–Kier alpha value is -5.36. The van der Waals surface area contributed by atoms with E-state index in [9.17, 15) is 27.6 Å². The van der Waals surface area contributed by atoms with Gasteiger partial charge < -0.3 is 31.2 Å². The Kier molecular flexibility index (Phi) is 9.59. The highest BCUT2D eigenvalue weighted by Gasteiger charge is 2.31. The van der Waals surface area contributed by atoms with E-state index >= 15 is 0 Å².